The monoisotopic (exact) mass is 268 g/mol. The van der Waals surface area contributed by atoms with Crippen LogP contribution in [-0.2, 0) is 4.74 Å². The minimum absolute atomic E-state index is 0.0518. The predicted octanol–water partition coefficient (Wildman–Crippen LogP) is 3.40. The summed E-state index contributed by atoms with van der Waals surface area (Å²) in [6.45, 7) is 4.04. The van der Waals surface area contributed by atoms with Gasteiger partial charge in [0.25, 0.3) is 0 Å². The van der Waals surface area contributed by atoms with E-state index in [0.717, 1.165) is 5.56 Å². The van der Waals surface area contributed by atoms with E-state index in [0.29, 0.717) is 23.3 Å². The molecular weight excluding hydrogens is 252 g/mol. The summed E-state index contributed by atoms with van der Waals surface area (Å²) in [6.07, 6.45) is 0. The highest BCUT2D eigenvalue weighted by atomic mass is 16.5. The van der Waals surface area contributed by atoms with Crippen LogP contribution < -0.4 is 0 Å². The Kier molecular flexibility index (Phi) is 4.31. The van der Waals surface area contributed by atoms with E-state index < -0.39 is 0 Å². The first-order valence-electron chi connectivity index (χ1n) is 6.50. The maximum atomic E-state index is 12.3. The van der Waals surface area contributed by atoms with Gasteiger partial charge in [0.1, 0.15) is 0 Å². The van der Waals surface area contributed by atoms with E-state index in [2.05, 4.69) is 0 Å². The molecule has 0 atom stereocenters. The molecule has 0 heterocycles. The molecule has 3 heteroatoms. The van der Waals surface area contributed by atoms with Gasteiger partial charge in [-0.2, -0.15) is 0 Å². The van der Waals surface area contributed by atoms with E-state index in [1.54, 1.807) is 37.3 Å². The second kappa shape index (κ2) is 6.15. The summed E-state index contributed by atoms with van der Waals surface area (Å²) in [6, 6.07) is 14.0. The summed E-state index contributed by atoms with van der Waals surface area (Å²) >= 11 is 0. The molecule has 20 heavy (non-hydrogen) atoms. The molecule has 0 aliphatic heterocycles. The lowest BCUT2D eigenvalue weighted by molar-refractivity contribution is 0.0526. The van der Waals surface area contributed by atoms with Crippen LogP contribution >= 0.6 is 0 Å². The second-order valence-corrected chi connectivity index (χ2v) is 4.50. The van der Waals surface area contributed by atoms with Crippen LogP contribution in [0, 0.1) is 6.92 Å². The zero-order chi connectivity index (χ0) is 14.5. The van der Waals surface area contributed by atoms with Gasteiger partial charge in [-0.05, 0) is 32.0 Å². The van der Waals surface area contributed by atoms with Crippen molar-refractivity contribution in [1.29, 1.82) is 0 Å². The second-order valence-electron chi connectivity index (χ2n) is 4.50. The third kappa shape index (κ3) is 3.12. The smallest absolute Gasteiger partial charge is 0.338 e. The molecule has 0 bridgehead atoms. The van der Waals surface area contributed by atoms with Gasteiger partial charge < -0.3 is 4.74 Å². The van der Waals surface area contributed by atoms with Crippen LogP contribution in [0.5, 0.6) is 0 Å². The molecule has 0 aliphatic carbocycles. The number of hydrogen-bond donors (Lipinski definition) is 0. The van der Waals surface area contributed by atoms with Gasteiger partial charge in [0.15, 0.2) is 5.78 Å². The predicted molar refractivity (Wildman–Crippen MR) is 77.0 cm³/mol. The van der Waals surface area contributed by atoms with Gasteiger partial charge in [0.05, 0.1) is 12.2 Å². The molecule has 0 N–H and O–H groups in total. The SMILES string of the molecule is CCOC(=O)c1ccc(C(=O)c2cccc(C)c2)cc1. The van der Waals surface area contributed by atoms with Crippen LogP contribution in [0.1, 0.15) is 38.8 Å². The molecule has 0 radical (unpaired) electrons. The highest BCUT2D eigenvalue weighted by Crippen LogP contribution is 2.13. The molecule has 0 saturated heterocycles. The zero-order valence-corrected chi connectivity index (χ0v) is 11.6. The Morgan fingerprint density at radius 1 is 0.950 bits per heavy atom. The fourth-order valence-corrected chi connectivity index (χ4v) is 1.93. The first kappa shape index (κ1) is 14.0. The van der Waals surface area contributed by atoms with Crippen LogP contribution in [0.25, 0.3) is 0 Å². The third-order valence-corrected chi connectivity index (χ3v) is 2.94. The van der Waals surface area contributed by atoms with Crippen molar-refractivity contribution < 1.29 is 14.3 Å². The number of ether oxygens (including phenoxy) is 1. The largest absolute Gasteiger partial charge is 0.462 e. The van der Waals surface area contributed by atoms with Crippen molar-refractivity contribution in [2.75, 3.05) is 6.61 Å². The van der Waals surface area contributed by atoms with E-state index in [9.17, 15) is 9.59 Å². The Morgan fingerprint density at radius 3 is 2.20 bits per heavy atom. The molecule has 3 nitrogen and oxygen atoms in total. The topological polar surface area (TPSA) is 43.4 Å². The molecule has 0 amide bonds. The summed E-state index contributed by atoms with van der Waals surface area (Å²) in [5.74, 6) is -0.425. The van der Waals surface area contributed by atoms with E-state index in [-0.39, 0.29) is 11.8 Å². The molecule has 0 aromatic heterocycles. The Morgan fingerprint density at radius 2 is 1.60 bits per heavy atom. The Bertz CT molecular complexity index is 627. The van der Waals surface area contributed by atoms with Gasteiger partial charge >= 0.3 is 5.97 Å². The van der Waals surface area contributed by atoms with Gasteiger partial charge in [0.2, 0.25) is 0 Å². The number of benzene rings is 2. The molecule has 0 aliphatic rings. The van der Waals surface area contributed by atoms with Crippen molar-refractivity contribution in [3.05, 3.63) is 70.8 Å². The van der Waals surface area contributed by atoms with E-state index in [1.165, 1.54) is 0 Å². The van der Waals surface area contributed by atoms with E-state index in [1.807, 2.05) is 25.1 Å². The van der Waals surface area contributed by atoms with E-state index in [4.69, 9.17) is 4.74 Å². The van der Waals surface area contributed by atoms with Gasteiger partial charge in [0, 0.05) is 11.1 Å². The number of ketones is 1. The fourth-order valence-electron chi connectivity index (χ4n) is 1.93. The lowest BCUT2D eigenvalue weighted by Crippen LogP contribution is -2.06. The minimum Gasteiger partial charge on any atom is -0.462 e. The fraction of sp³-hybridized carbons (Fsp3) is 0.176. The Hall–Kier alpha value is -2.42. The van der Waals surface area contributed by atoms with Crippen LogP contribution in [0.15, 0.2) is 48.5 Å². The first-order valence-corrected chi connectivity index (χ1v) is 6.50. The quantitative estimate of drug-likeness (QED) is 0.630. The van der Waals surface area contributed by atoms with Gasteiger partial charge in [-0.15, -0.1) is 0 Å². The van der Waals surface area contributed by atoms with E-state index >= 15 is 0 Å². The molecule has 2 aromatic carbocycles. The van der Waals surface area contributed by atoms with Gasteiger partial charge in [-0.25, -0.2) is 4.79 Å². The highest BCUT2D eigenvalue weighted by Gasteiger charge is 2.11. The minimum atomic E-state index is -0.373. The number of esters is 1. The molecule has 102 valence electrons. The summed E-state index contributed by atoms with van der Waals surface area (Å²) in [5.41, 5.74) is 2.70. The molecule has 0 spiro atoms. The lowest BCUT2D eigenvalue weighted by Gasteiger charge is -2.04. The summed E-state index contributed by atoms with van der Waals surface area (Å²) in [5, 5.41) is 0. The van der Waals surface area contributed by atoms with Crippen LogP contribution in [0.3, 0.4) is 0 Å². The van der Waals surface area contributed by atoms with Crippen molar-refractivity contribution >= 4 is 11.8 Å². The number of rotatable bonds is 4. The third-order valence-electron chi connectivity index (χ3n) is 2.94. The highest BCUT2D eigenvalue weighted by molar-refractivity contribution is 6.09. The molecule has 2 rings (SSSR count). The molecule has 0 saturated carbocycles. The average Bonchev–Trinajstić information content (AvgIpc) is 2.47. The Balaban J connectivity index is 2.22. The van der Waals surface area contributed by atoms with Crippen LogP contribution in [0.4, 0.5) is 0 Å². The molecule has 2 aromatic rings. The summed E-state index contributed by atoms with van der Waals surface area (Å²) in [4.78, 5) is 23.8. The number of carbonyl (C=O) groups is 2. The number of aryl methyl sites for hydroxylation is 1. The zero-order valence-electron chi connectivity index (χ0n) is 11.6. The standard InChI is InChI=1S/C17H16O3/c1-3-20-17(19)14-9-7-13(8-10-14)16(18)15-6-4-5-12(2)11-15/h4-11H,3H2,1-2H3. The Labute approximate surface area is 118 Å². The first-order chi connectivity index (χ1) is 9.61. The summed E-state index contributed by atoms with van der Waals surface area (Å²) in [7, 11) is 0. The lowest BCUT2D eigenvalue weighted by atomic mass is 10.0. The van der Waals surface area contributed by atoms with Gasteiger partial charge in [-0.1, -0.05) is 35.9 Å². The maximum absolute atomic E-state index is 12.3. The van der Waals surface area contributed by atoms with Gasteiger partial charge in [-0.3, -0.25) is 4.79 Å². The number of hydrogen-bond acceptors (Lipinski definition) is 3. The average molecular weight is 268 g/mol. The van der Waals surface area contributed by atoms with Crippen molar-refractivity contribution in [1.82, 2.24) is 0 Å². The van der Waals surface area contributed by atoms with Crippen LogP contribution in [-0.4, -0.2) is 18.4 Å². The van der Waals surface area contributed by atoms with Crippen molar-refractivity contribution in [3.8, 4) is 0 Å². The van der Waals surface area contributed by atoms with Crippen molar-refractivity contribution in [2.24, 2.45) is 0 Å². The molecule has 0 unspecified atom stereocenters. The van der Waals surface area contributed by atoms with Crippen molar-refractivity contribution in [3.63, 3.8) is 0 Å². The van der Waals surface area contributed by atoms with Crippen LogP contribution in [0.2, 0.25) is 0 Å². The molecule has 0 fully saturated rings. The summed E-state index contributed by atoms with van der Waals surface area (Å²) < 4.78 is 4.90. The maximum Gasteiger partial charge on any atom is 0.338 e. The van der Waals surface area contributed by atoms with Crippen molar-refractivity contribution in [2.45, 2.75) is 13.8 Å². The number of carbonyl (C=O) groups excluding carboxylic acids is 2. The molecular formula is C17H16O3. The normalized spacial score (nSPS) is 10.1.